The van der Waals surface area contributed by atoms with Crippen LogP contribution < -0.4 is 10.9 Å². The minimum absolute atomic E-state index is 0.0985. The third-order valence-corrected chi connectivity index (χ3v) is 4.69. The summed E-state index contributed by atoms with van der Waals surface area (Å²) in [4.78, 5) is 38.5. The van der Waals surface area contributed by atoms with E-state index in [-0.39, 0.29) is 29.7 Å². The normalized spacial score (nSPS) is 14.9. The standard InChI is InChI=1S/C20H24N4O4/c1-28-13-12-24-19(26)10-9-16(22-24)20(27)21-17(15-6-3-2-4-7-15)14-23-11-5-8-18(23)25/h2-4,6-7,9-10,17H,5,8,11-14H2,1H3,(H,21,27). The Morgan fingerprint density at radius 1 is 1.21 bits per heavy atom. The lowest BCUT2D eigenvalue weighted by Crippen LogP contribution is -2.39. The molecule has 0 bridgehead atoms. The van der Waals surface area contributed by atoms with E-state index < -0.39 is 5.91 Å². The Morgan fingerprint density at radius 3 is 2.68 bits per heavy atom. The van der Waals surface area contributed by atoms with Gasteiger partial charge in [0.15, 0.2) is 0 Å². The fourth-order valence-electron chi connectivity index (χ4n) is 3.18. The molecule has 1 aliphatic heterocycles. The van der Waals surface area contributed by atoms with E-state index >= 15 is 0 Å². The molecule has 8 nitrogen and oxygen atoms in total. The first-order chi connectivity index (χ1) is 13.6. The largest absolute Gasteiger partial charge is 0.383 e. The number of rotatable bonds is 8. The second-order valence-corrected chi connectivity index (χ2v) is 6.65. The second-order valence-electron chi connectivity index (χ2n) is 6.65. The van der Waals surface area contributed by atoms with E-state index in [1.165, 1.54) is 23.9 Å². The summed E-state index contributed by atoms with van der Waals surface area (Å²) < 4.78 is 6.18. The van der Waals surface area contributed by atoms with Gasteiger partial charge in [0.2, 0.25) is 5.91 Å². The topological polar surface area (TPSA) is 93.5 Å². The Balaban J connectivity index is 1.79. The van der Waals surface area contributed by atoms with Gasteiger partial charge in [0.05, 0.1) is 19.2 Å². The third-order valence-electron chi connectivity index (χ3n) is 4.69. The number of amides is 2. The molecule has 2 heterocycles. The van der Waals surface area contributed by atoms with Gasteiger partial charge in [-0.2, -0.15) is 5.10 Å². The molecule has 1 saturated heterocycles. The Labute approximate surface area is 163 Å². The van der Waals surface area contributed by atoms with Crippen molar-refractivity contribution in [1.29, 1.82) is 0 Å². The zero-order valence-corrected chi connectivity index (χ0v) is 15.8. The van der Waals surface area contributed by atoms with Gasteiger partial charge in [-0.1, -0.05) is 30.3 Å². The zero-order valence-electron chi connectivity index (χ0n) is 15.8. The van der Waals surface area contributed by atoms with Gasteiger partial charge in [-0.05, 0) is 18.1 Å². The molecule has 8 heteroatoms. The van der Waals surface area contributed by atoms with Crippen LogP contribution in [0.5, 0.6) is 0 Å². The van der Waals surface area contributed by atoms with E-state index in [9.17, 15) is 14.4 Å². The molecule has 3 rings (SSSR count). The van der Waals surface area contributed by atoms with E-state index in [1.807, 2.05) is 30.3 Å². The molecule has 148 valence electrons. The maximum absolute atomic E-state index is 12.8. The molecule has 1 aliphatic rings. The summed E-state index contributed by atoms with van der Waals surface area (Å²) in [6.07, 6.45) is 1.38. The van der Waals surface area contributed by atoms with Gasteiger partial charge >= 0.3 is 0 Å². The molecule has 1 unspecified atom stereocenters. The van der Waals surface area contributed by atoms with Crippen LogP contribution in [0.25, 0.3) is 0 Å². The van der Waals surface area contributed by atoms with Crippen molar-refractivity contribution in [2.75, 3.05) is 26.8 Å². The number of benzene rings is 1. The van der Waals surface area contributed by atoms with Crippen LogP contribution in [0.2, 0.25) is 0 Å². The predicted octanol–water partition coefficient (Wildman–Crippen LogP) is 0.983. The first-order valence-corrected chi connectivity index (χ1v) is 9.29. The van der Waals surface area contributed by atoms with Crippen LogP contribution in [-0.4, -0.2) is 53.3 Å². The third kappa shape index (κ3) is 4.83. The van der Waals surface area contributed by atoms with Gasteiger partial charge in [-0.3, -0.25) is 14.4 Å². The van der Waals surface area contributed by atoms with Crippen LogP contribution in [0.3, 0.4) is 0 Å². The molecular formula is C20H24N4O4. The molecule has 0 aliphatic carbocycles. The molecule has 2 amide bonds. The van der Waals surface area contributed by atoms with Gasteiger partial charge in [0, 0.05) is 32.7 Å². The van der Waals surface area contributed by atoms with Gasteiger partial charge in [0.1, 0.15) is 5.69 Å². The van der Waals surface area contributed by atoms with E-state index in [1.54, 1.807) is 4.90 Å². The van der Waals surface area contributed by atoms with Crippen molar-refractivity contribution < 1.29 is 14.3 Å². The predicted molar refractivity (Wildman–Crippen MR) is 103 cm³/mol. The number of nitrogens with one attached hydrogen (secondary N) is 1. The maximum atomic E-state index is 12.8. The SMILES string of the molecule is COCCn1nc(C(=O)NC(CN2CCCC2=O)c2ccccc2)ccc1=O. The fraction of sp³-hybridized carbons (Fsp3) is 0.400. The van der Waals surface area contributed by atoms with Crippen LogP contribution in [0, 0.1) is 0 Å². The van der Waals surface area contributed by atoms with E-state index in [2.05, 4.69) is 10.4 Å². The molecule has 1 aromatic heterocycles. The Hall–Kier alpha value is -3.00. The van der Waals surface area contributed by atoms with E-state index in [4.69, 9.17) is 4.74 Å². The molecule has 1 atom stereocenters. The molecule has 1 fully saturated rings. The number of nitrogens with zero attached hydrogens (tertiary/aromatic N) is 3. The monoisotopic (exact) mass is 384 g/mol. The zero-order chi connectivity index (χ0) is 19.9. The van der Waals surface area contributed by atoms with Crippen molar-refractivity contribution in [2.45, 2.75) is 25.4 Å². The highest BCUT2D eigenvalue weighted by atomic mass is 16.5. The summed E-state index contributed by atoms with van der Waals surface area (Å²) in [5, 5.41) is 7.09. The van der Waals surface area contributed by atoms with Gasteiger partial charge < -0.3 is 15.0 Å². The summed E-state index contributed by atoms with van der Waals surface area (Å²) in [6.45, 7) is 1.68. The highest BCUT2D eigenvalue weighted by molar-refractivity contribution is 5.92. The lowest BCUT2D eigenvalue weighted by molar-refractivity contribution is -0.128. The number of likely N-dealkylation sites (tertiary alicyclic amines) is 1. The summed E-state index contributed by atoms with van der Waals surface area (Å²) in [5.74, 6) is -0.298. The highest BCUT2D eigenvalue weighted by Gasteiger charge is 2.26. The molecule has 2 aromatic rings. The molecule has 1 aromatic carbocycles. The first kappa shape index (κ1) is 19.8. The van der Waals surface area contributed by atoms with E-state index in [0.717, 1.165) is 12.0 Å². The first-order valence-electron chi connectivity index (χ1n) is 9.29. The lowest BCUT2D eigenvalue weighted by atomic mass is 10.1. The number of carbonyl (C=O) groups excluding carboxylic acids is 2. The number of aromatic nitrogens is 2. The van der Waals surface area contributed by atoms with Crippen LogP contribution >= 0.6 is 0 Å². The van der Waals surface area contributed by atoms with Crippen LogP contribution in [0.4, 0.5) is 0 Å². The summed E-state index contributed by atoms with van der Waals surface area (Å²) in [7, 11) is 1.53. The fourth-order valence-corrected chi connectivity index (χ4v) is 3.18. The van der Waals surface area contributed by atoms with Crippen molar-refractivity contribution in [3.8, 4) is 0 Å². The molecule has 0 saturated carbocycles. The van der Waals surface area contributed by atoms with Crippen LogP contribution in [0.15, 0.2) is 47.3 Å². The minimum atomic E-state index is -0.397. The molecular weight excluding hydrogens is 360 g/mol. The molecule has 1 N–H and O–H groups in total. The smallest absolute Gasteiger partial charge is 0.272 e. The quantitative estimate of drug-likeness (QED) is 0.732. The van der Waals surface area contributed by atoms with Gasteiger partial charge in [0.25, 0.3) is 11.5 Å². The summed E-state index contributed by atoms with van der Waals surface area (Å²) in [6, 6.07) is 11.9. The average molecular weight is 384 g/mol. The number of methoxy groups -OCH3 is 1. The van der Waals surface area contributed by atoms with Gasteiger partial charge in [-0.25, -0.2) is 4.68 Å². The average Bonchev–Trinajstić information content (AvgIpc) is 3.12. The Kier molecular flexibility index (Phi) is 6.54. The molecule has 0 spiro atoms. The maximum Gasteiger partial charge on any atom is 0.272 e. The Morgan fingerprint density at radius 2 is 2.00 bits per heavy atom. The number of carbonyl (C=O) groups is 2. The Bertz CT molecular complexity index is 881. The van der Waals surface area contributed by atoms with Crippen molar-refractivity contribution in [3.05, 3.63) is 64.1 Å². The highest BCUT2D eigenvalue weighted by Crippen LogP contribution is 2.19. The van der Waals surface area contributed by atoms with Crippen LogP contribution in [-0.2, 0) is 16.1 Å². The summed E-state index contributed by atoms with van der Waals surface area (Å²) in [5.41, 5.74) is 0.753. The van der Waals surface area contributed by atoms with E-state index in [0.29, 0.717) is 26.1 Å². The molecule has 0 radical (unpaired) electrons. The van der Waals surface area contributed by atoms with Crippen molar-refractivity contribution >= 4 is 11.8 Å². The number of hydrogen-bond acceptors (Lipinski definition) is 5. The summed E-state index contributed by atoms with van der Waals surface area (Å²) >= 11 is 0. The lowest BCUT2D eigenvalue weighted by Gasteiger charge is -2.25. The number of ether oxygens (including phenoxy) is 1. The molecule has 28 heavy (non-hydrogen) atoms. The van der Waals surface area contributed by atoms with Crippen molar-refractivity contribution in [1.82, 2.24) is 20.0 Å². The van der Waals surface area contributed by atoms with Crippen LogP contribution in [0.1, 0.15) is 34.9 Å². The van der Waals surface area contributed by atoms with Crippen molar-refractivity contribution in [2.24, 2.45) is 0 Å². The minimum Gasteiger partial charge on any atom is -0.383 e. The van der Waals surface area contributed by atoms with Gasteiger partial charge in [-0.15, -0.1) is 0 Å². The van der Waals surface area contributed by atoms with Crippen molar-refractivity contribution in [3.63, 3.8) is 0 Å². The number of hydrogen-bond donors (Lipinski definition) is 1. The second kappa shape index (κ2) is 9.27.